The molecule has 0 aromatic heterocycles. The molecule has 0 aliphatic rings. The lowest BCUT2D eigenvalue weighted by Crippen LogP contribution is -2.07. The second-order valence-corrected chi connectivity index (χ2v) is 1.63. The van der Waals surface area contributed by atoms with Gasteiger partial charge in [0.25, 0.3) is 0 Å². The van der Waals surface area contributed by atoms with Crippen LogP contribution >= 0.6 is 0 Å². The highest BCUT2D eigenvalue weighted by atomic mass is 16.5. The summed E-state index contributed by atoms with van der Waals surface area (Å²) in [5, 5.41) is 0. The standard InChI is InChI=1S/C6H15NO2/c1-2-8-4-3-5-9-6-7/h2-7H2,1H3. The maximum Gasteiger partial charge on any atom is 0.0940 e. The van der Waals surface area contributed by atoms with E-state index in [1.54, 1.807) is 0 Å². The maximum absolute atomic E-state index is 5.08. The fourth-order valence-electron chi connectivity index (χ4n) is 0.491. The van der Waals surface area contributed by atoms with E-state index >= 15 is 0 Å². The van der Waals surface area contributed by atoms with Gasteiger partial charge in [-0.15, -0.1) is 0 Å². The van der Waals surface area contributed by atoms with E-state index < -0.39 is 0 Å². The van der Waals surface area contributed by atoms with Crippen molar-refractivity contribution in [3.8, 4) is 0 Å². The second-order valence-electron chi connectivity index (χ2n) is 1.63. The molecule has 0 spiro atoms. The fraction of sp³-hybridized carbons (Fsp3) is 1.00. The first-order valence-electron chi connectivity index (χ1n) is 3.27. The largest absolute Gasteiger partial charge is 0.382 e. The molecule has 9 heavy (non-hydrogen) atoms. The van der Waals surface area contributed by atoms with Crippen LogP contribution in [0.4, 0.5) is 0 Å². The third kappa shape index (κ3) is 7.88. The molecule has 0 fully saturated rings. The van der Waals surface area contributed by atoms with E-state index in [-0.39, 0.29) is 0 Å². The zero-order valence-electron chi connectivity index (χ0n) is 5.93. The summed E-state index contributed by atoms with van der Waals surface area (Å²) >= 11 is 0. The molecule has 3 nitrogen and oxygen atoms in total. The highest BCUT2D eigenvalue weighted by Gasteiger charge is 1.84. The van der Waals surface area contributed by atoms with Crippen LogP contribution in [0.25, 0.3) is 0 Å². The van der Waals surface area contributed by atoms with E-state index in [2.05, 4.69) is 0 Å². The fourth-order valence-corrected chi connectivity index (χ4v) is 0.491. The Balaban J connectivity index is 2.60. The van der Waals surface area contributed by atoms with Gasteiger partial charge < -0.3 is 15.2 Å². The maximum atomic E-state index is 5.08. The van der Waals surface area contributed by atoms with Crippen molar-refractivity contribution >= 4 is 0 Å². The van der Waals surface area contributed by atoms with Gasteiger partial charge in [0.05, 0.1) is 13.3 Å². The number of hydrogen-bond acceptors (Lipinski definition) is 3. The highest BCUT2D eigenvalue weighted by Crippen LogP contribution is 1.82. The van der Waals surface area contributed by atoms with Crippen molar-refractivity contribution in [2.24, 2.45) is 5.73 Å². The molecular weight excluding hydrogens is 118 g/mol. The number of nitrogens with two attached hydrogens (primary N) is 1. The van der Waals surface area contributed by atoms with E-state index in [1.165, 1.54) is 0 Å². The van der Waals surface area contributed by atoms with Crippen LogP contribution in [0, 0.1) is 0 Å². The lowest BCUT2D eigenvalue weighted by atomic mass is 10.5. The van der Waals surface area contributed by atoms with Crippen molar-refractivity contribution in [3.63, 3.8) is 0 Å². The number of ether oxygens (including phenoxy) is 2. The summed E-state index contributed by atoms with van der Waals surface area (Å²) in [4.78, 5) is 0. The Morgan fingerprint density at radius 3 is 2.44 bits per heavy atom. The molecule has 0 heterocycles. The minimum atomic E-state index is 0.312. The smallest absolute Gasteiger partial charge is 0.0940 e. The van der Waals surface area contributed by atoms with Gasteiger partial charge in [0, 0.05) is 13.2 Å². The Hall–Kier alpha value is -0.120. The third-order valence-electron chi connectivity index (χ3n) is 0.899. The van der Waals surface area contributed by atoms with Gasteiger partial charge in [0.15, 0.2) is 0 Å². The highest BCUT2D eigenvalue weighted by molar-refractivity contribution is 4.31. The summed E-state index contributed by atoms with van der Waals surface area (Å²) in [6.45, 7) is 4.55. The molecule has 0 saturated heterocycles. The predicted octanol–water partition coefficient (Wildman–Crippen LogP) is 0.346. The molecule has 56 valence electrons. The minimum Gasteiger partial charge on any atom is -0.382 e. The van der Waals surface area contributed by atoms with E-state index in [4.69, 9.17) is 15.2 Å². The Bertz CT molecular complexity index is 44.3. The molecular formula is C6H15NO2. The molecule has 3 heteroatoms. The van der Waals surface area contributed by atoms with Crippen LogP contribution in [0.1, 0.15) is 13.3 Å². The molecule has 0 radical (unpaired) electrons. The van der Waals surface area contributed by atoms with Crippen LogP contribution in [0.2, 0.25) is 0 Å². The van der Waals surface area contributed by atoms with Crippen molar-refractivity contribution < 1.29 is 9.47 Å². The summed E-state index contributed by atoms with van der Waals surface area (Å²) in [7, 11) is 0. The SMILES string of the molecule is CCOCCCOCN. The van der Waals surface area contributed by atoms with E-state index in [1.807, 2.05) is 6.92 Å². The van der Waals surface area contributed by atoms with Gasteiger partial charge in [-0.3, -0.25) is 0 Å². The first-order chi connectivity index (χ1) is 4.41. The monoisotopic (exact) mass is 133 g/mol. The van der Waals surface area contributed by atoms with Gasteiger partial charge in [-0.1, -0.05) is 0 Å². The van der Waals surface area contributed by atoms with Gasteiger partial charge in [0.2, 0.25) is 0 Å². The van der Waals surface area contributed by atoms with Crippen molar-refractivity contribution in [1.29, 1.82) is 0 Å². The Morgan fingerprint density at radius 2 is 1.89 bits per heavy atom. The molecule has 0 unspecified atom stereocenters. The summed E-state index contributed by atoms with van der Waals surface area (Å²) in [6, 6.07) is 0. The Labute approximate surface area is 56.1 Å². The minimum absolute atomic E-state index is 0.312. The molecule has 0 aliphatic heterocycles. The van der Waals surface area contributed by atoms with Crippen LogP contribution in [-0.2, 0) is 9.47 Å². The zero-order chi connectivity index (χ0) is 6.95. The molecule has 2 N–H and O–H groups in total. The van der Waals surface area contributed by atoms with E-state index in [9.17, 15) is 0 Å². The zero-order valence-corrected chi connectivity index (χ0v) is 5.93. The number of rotatable bonds is 6. The van der Waals surface area contributed by atoms with Gasteiger partial charge >= 0.3 is 0 Å². The van der Waals surface area contributed by atoms with E-state index in [0.717, 1.165) is 19.6 Å². The van der Waals surface area contributed by atoms with Crippen LogP contribution < -0.4 is 5.73 Å². The lowest BCUT2D eigenvalue weighted by molar-refractivity contribution is 0.0910. The van der Waals surface area contributed by atoms with Gasteiger partial charge in [0.1, 0.15) is 0 Å². The molecule has 0 aliphatic carbocycles. The van der Waals surface area contributed by atoms with Gasteiger partial charge in [-0.05, 0) is 13.3 Å². The average Bonchev–Trinajstić information content (AvgIpc) is 1.89. The first-order valence-corrected chi connectivity index (χ1v) is 3.27. The van der Waals surface area contributed by atoms with Crippen LogP contribution in [0.5, 0.6) is 0 Å². The van der Waals surface area contributed by atoms with Crippen molar-refractivity contribution in [3.05, 3.63) is 0 Å². The van der Waals surface area contributed by atoms with Gasteiger partial charge in [-0.25, -0.2) is 0 Å². The Kier molecular flexibility index (Phi) is 7.77. The molecule has 0 aromatic carbocycles. The van der Waals surface area contributed by atoms with Crippen LogP contribution in [0.3, 0.4) is 0 Å². The summed E-state index contributed by atoms with van der Waals surface area (Å²) in [6.07, 6.45) is 0.936. The normalized spacial score (nSPS) is 10.0. The quantitative estimate of drug-likeness (QED) is 0.420. The molecule has 0 bridgehead atoms. The Morgan fingerprint density at radius 1 is 1.22 bits per heavy atom. The topological polar surface area (TPSA) is 44.5 Å². The molecule has 0 aromatic rings. The lowest BCUT2D eigenvalue weighted by Gasteiger charge is -2.00. The van der Waals surface area contributed by atoms with Crippen molar-refractivity contribution in [2.75, 3.05) is 26.6 Å². The second kappa shape index (κ2) is 7.88. The molecule has 0 amide bonds. The summed E-state index contributed by atoms with van der Waals surface area (Å²) < 4.78 is 9.94. The molecule has 0 saturated carbocycles. The molecule has 0 atom stereocenters. The van der Waals surface area contributed by atoms with Crippen LogP contribution in [0.15, 0.2) is 0 Å². The third-order valence-corrected chi connectivity index (χ3v) is 0.899. The first kappa shape index (κ1) is 8.88. The van der Waals surface area contributed by atoms with E-state index in [0.29, 0.717) is 13.3 Å². The summed E-state index contributed by atoms with van der Waals surface area (Å²) in [5.74, 6) is 0. The molecule has 0 rings (SSSR count). The van der Waals surface area contributed by atoms with Gasteiger partial charge in [-0.2, -0.15) is 0 Å². The van der Waals surface area contributed by atoms with Crippen molar-refractivity contribution in [1.82, 2.24) is 0 Å². The average molecular weight is 133 g/mol. The predicted molar refractivity (Wildman–Crippen MR) is 36.1 cm³/mol. The van der Waals surface area contributed by atoms with Crippen LogP contribution in [-0.4, -0.2) is 26.6 Å². The van der Waals surface area contributed by atoms with Crippen molar-refractivity contribution in [2.45, 2.75) is 13.3 Å². The summed E-state index contributed by atoms with van der Waals surface area (Å²) in [5.41, 5.74) is 5.08. The number of hydrogen-bond donors (Lipinski definition) is 1.